The van der Waals surface area contributed by atoms with Gasteiger partial charge in [-0.3, -0.25) is 14.5 Å². The van der Waals surface area contributed by atoms with Crippen LogP contribution in [0.25, 0.3) is 5.65 Å². The molecule has 0 aliphatic carbocycles. The van der Waals surface area contributed by atoms with Gasteiger partial charge in [-0.2, -0.15) is 0 Å². The van der Waals surface area contributed by atoms with Gasteiger partial charge in [-0.1, -0.05) is 11.6 Å². The van der Waals surface area contributed by atoms with Crippen LogP contribution < -0.4 is 4.74 Å². The number of aryl methyl sites for hydroxylation is 1. The first-order chi connectivity index (χ1) is 11.5. The Morgan fingerprint density at radius 3 is 2.79 bits per heavy atom. The molecule has 0 unspecified atom stereocenters. The van der Waals surface area contributed by atoms with Crippen molar-refractivity contribution in [2.45, 2.75) is 6.92 Å². The van der Waals surface area contributed by atoms with Crippen molar-refractivity contribution in [2.24, 2.45) is 10.2 Å². The number of imidazole rings is 1. The van der Waals surface area contributed by atoms with E-state index < -0.39 is 4.92 Å². The molecular formula is C15H12ClN5O3. The third kappa shape index (κ3) is 2.91. The largest absolute Gasteiger partial charge is 0.494 e. The predicted octanol–water partition coefficient (Wildman–Crippen LogP) is 4.63. The molecular weight excluding hydrogens is 334 g/mol. The van der Waals surface area contributed by atoms with E-state index in [4.69, 9.17) is 16.3 Å². The van der Waals surface area contributed by atoms with Crippen molar-refractivity contribution in [2.75, 3.05) is 7.11 Å². The number of fused-ring (bicyclic) bond motifs is 1. The Balaban J connectivity index is 2.08. The van der Waals surface area contributed by atoms with Crippen LogP contribution >= 0.6 is 11.6 Å². The van der Waals surface area contributed by atoms with Gasteiger partial charge in [-0.05, 0) is 25.1 Å². The van der Waals surface area contributed by atoms with Crippen LogP contribution in [0, 0.1) is 17.0 Å². The number of pyridine rings is 1. The second kappa shape index (κ2) is 6.25. The van der Waals surface area contributed by atoms with E-state index in [9.17, 15) is 10.1 Å². The van der Waals surface area contributed by atoms with E-state index in [1.165, 1.54) is 25.3 Å². The van der Waals surface area contributed by atoms with E-state index in [0.717, 1.165) is 0 Å². The lowest BCUT2D eigenvalue weighted by atomic mass is 10.2. The van der Waals surface area contributed by atoms with Crippen molar-refractivity contribution < 1.29 is 9.66 Å². The average Bonchev–Trinajstić information content (AvgIpc) is 2.87. The zero-order valence-electron chi connectivity index (χ0n) is 12.8. The smallest absolute Gasteiger partial charge is 0.271 e. The first-order valence-electron chi connectivity index (χ1n) is 6.88. The number of hydrogen-bond acceptors (Lipinski definition) is 6. The van der Waals surface area contributed by atoms with Crippen LogP contribution in [0.2, 0.25) is 5.02 Å². The predicted molar refractivity (Wildman–Crippen MR) is 88.8 cm³/mol. The van der Waals surface area contributed by atoms with Crippen LogP contribution in [0.4, 0.5) is 17.2 Å². The number of benzene rings is 1. The Bertz CT molecular complexity index is 967. The van der Waals surface area contributed by atoms with Crippen molar-refractivity contribution in [1.82, 2.24) is 9.38 Å². The lowest BCUT2D eigenvalue weighted by Gasteiger charge is -2.03. The Morgan fingerprint density at radius 1 is 1.29 bits per heavy atom. The lowest BCUT2D eigenvalue weighted by molar-refractivity contribution is -0.384. The Morgan fingerprint density at radius 2 is 2.08 bits per heavy atom. The Kier molecular flexibility index (Phi) is 4.13. The first kappa shape index (κ1) is 15.9. The van der Waals surface area contributed by atoms with Crippen molar-refractivity contribution in [1.29, 1.82) is 0 Å². The topological polar surface area (TPSA) is 94.4 Å². The molecule has 3 aromatic rings. The molecule has 2 heterocycles. The molecule has 0 N–H and O–H groups in total. The summed E-state index contributed by atoms with van der Waals surface area (Å²) < 4.78 is 6.87. The Hall–Kier alpha value is -3.00. The molecule has 0 amide bonds. The third-order valence-corrected chi connectivity index (χ3v) is 3.57. The molecule has 122 valence electrons. The van der Waals surface area contributed by atoms with Gasteiger partial charge in [0.1, 0.15) is 17.1 Å². The number of aromatic nitrogens is 2. The monoisotopic (exact) mass is 345 g/mol. The van der Waals surface area contributed by atoms with Crippen molar-refractivity contribution in [3.63, 3.8) is 0 Å². The number of rotatable bonds is 4. The number of non-ortho nitro benzene ring substituents is 1. The van der Waals surface area contributed by atoms with Crippen molar-refractivity contribution in [3.8, 4) is 5.75 Å². The molecule has 2 aromatic heterocycles. The maximum atomic E-state index is 10.9. The summed E-state index contributed by atoms with van der Waals surface area (Å²) in [5.41, 5.74) is 1.49. The summed E-state index contributed by atoms with van der Waals surface area (Å²) >= 11 is 6.00. The molecule has 8 nitrogen and oxygen atoms in total. The molecule has 0 radical (unpaired) electrons. The van der Waals surface area contributed by atoms with Gasteiger partial charge in [0.2, 0.25) is 0 Å². The summed E-state index contributed by atoms with van der Waals surface area (Å²) in [6.45, 7) is 1.79. The average molecular weight is 346 g/mol. The van der Waals surface area contributed by atoms with Crippen LogP contribution in [-0.2, 0) is 0 Å². The molecule has 0 fully saturated rings. The van der Waals surface area contributed by atoms with E-state index >= 15 is 0 Å². The van der Waals surface area contributed by atoms with Crippen molar-refractivity contribution >= 4 is 34.4 Å². The summed E-state index contributed by atoms with van der Waals surface area (Å²) in [6.07, 6.45) is 1.68. The number of ether oxygens (including phenoxy) is 1. The Labute approximate surface area is 141 Å². The van der Waals surface area contributed by atoms with Gasteiger partial charge in [0, 0.05) is 18.3 Å². The second-order valence-electron chi connectivity index (χ2n) is 4.91. The van der Waals surface area contributed by atoms with E-state index in [1.54, 1.807) is 29.7 Å². The van der Waals surface area contributed by atoms with E-state index in [-0.39, 0.29) is 11.4 Å². The minimum Gasteiger partial charge on any atom is -0.494 e. The van der Waals surface area contributed by atoms with Crippen LogP contribution in [0.15, 0.2) is 46.8 Å². The van der Waals surface area contributed by atoms with E-state index in [0.29, 0.717) is 27.9 Å². The van der Waals surface area contributed by atoms with Gasteiger partial charge >= 0.3 is 0 Å². The molecule has 0 saturated heterocycles. The van der Waals surface area contributed by atoms with Gasteiger partial charge in [0.15, 0.2) is 5.82 Å². The number of halogens is 1. The maximum absolute atomic E-state index is 10.9. The molecule has 0 saturated carbocycles. The molecule has 0 aliphatic rings. The molecule has 0 bridgehead atoms. The first-order valence-corrected chi connectivity index (χ1v) is 7.26. The number of hydrogen-bond donors (Lipinski definition) is 0. The fourth-order valence-corrected chi connectivity index (χ4v) is 2.38. The quantitative estimate of drug-likeness (QED) is 0.391. The highest BCUT2D eigenvalue weighted by atomic mass is 35.5. The van der Waals surface area contributed by atoms with Crippen LogP contribution in [0.3, 0.4) is 0 Å². The lowest BCUT2D eigenvalue weighted by Crippen LogP contribution is -1.89. The molecule has 3 rings (SSSR count). The highest BCUT2D eigenvalue weighted by Crippen LogP contribution is 2.33. The fraction of sp³-hybridized carbons (Fsp3) is 0.133. The molecule has 1 aromatic carbocycles. The molecule has 9 heteroatoms. The SMILES string of the molecule is COc1ccc([N+](=O)[O-])cc1N=Nc1c(C)nc2ccc(Cl)cn12. The molecule has 24 heavy (non-hydrogen) atoms. The third-order valence-electron chi connectivity index (χ3n) is 3.35. The summed E-state index contributed by atoms with van der Waals surface area (Å²) in [4.78, 5) is 14.8. The van der Waals surface area contributed by atoms with Gasteiger partial charge < -0.3 is 4.74 Å². The van der Waals surface area contributed by atoms with Gasteiger partial charge in [0.05, 0.1) is 22.7 Å². The second-order valence-corrected chi connectivity index (χ2v) is 5.35. The molecule has 0 spiro atoms. The van der Waals surface area contributed by atoms with Crippen LogP contribution in [-0.4, -0.2) is 21.4 Å². The minimum absolute atomic E-state index is 0.0948. The number of nitro benzene ring substituents is 1. The zero-order chi connectivity index (χ0) is 17.3. The maximum Gasteiger partial charge on any atom is 0.271 e. The zero-order valence-corrected chi connectivity index (χ0v) is 13.6. The summed E-state index contributed by atoms with van der Waals surface area (Å²) in [5, 5.41) is 19.7. The number of nitro groups is 1. The fourth-order valence-electron chi connectivity index (χ4n) is 2.22. The number of nitrogens with zero attached hydrogens (tertiary/aromatic N) is 5. The van der Waals surface area contributed by atoms with E-state index in [2.05, 4.69) is 15.2 Å². The van der Waals surface area contributed by atoms with Crippen molar-refractivity contribution in [3.05, 3.63) is 57.4 Å². The summed E-state index contributed by atoms with van der Waals surface area (Å²) in [6, 6.07) is 7.62. The van der Waals surface area contributed by atoms with Crippen LogP contribution in [0.5, 0.6) is 5.75 Å². The highest BCUT2D eigenvalue weighted by molar-refractivity contribution is 6.30. The van der Waals surface area contributed by atoms with Gasteiger partial charge in [-0.15, -0.1) is 10.2 Å². The molecule has 0 atom stereocenters. The van der Waals surface area contributed by atoms with Crippen LogP contribution in [0.1, 0.15) is 5.69 Å². The van der Waals surface area contributed by atoms with Gasteiger partial charge in [-0.25, -0.2) is 4.98 Å². The number of azo groups is 1. The standard InChI is InChI=1S/C15H12ClN5O3/c1-9-15(20-8-10(16)3-6-14(20)17-9)19-18-12-7-11(21(22)23)4-5-13(12)24-2/h3-8H,1-2H3. The highest BCUT2D eigenvalue weighted by Gasteiger charge is 2.12. The summed E-state index contributed by atoms with van der Waals surface area (Å²) in [5.74, 6) is 0.870. The minimum atomic E-state index is -0.502. The number of methoxy groups -OCH3 is 1. The van der Waals surface area contributed by atoms with E-state index in [1.807, 2.05) is 0 Å². The molecule has 0 aliphatic heterocycles. The van der Waals surface area contributed by atoms with Gasteiger partial charge in [0.25, 0.3) is 5.69 Å². The summed E-state index contributed by atoms with van der Waals surface area (Å²) in [7, 11) is 1.46. The normalized spacial score (nSPS) is 11.3.